The summed E-state index contributed by atoms with van der Waals surface area (Å²) in [4.78, 5) is 17.9. The summed E-state index contributed by atoms with van der Waals surface area (Å²) < 4.78 is 56.7. The first-order chi connectivity index (χ1) is 19.4. The maximum Gasteiger partial charge on any atom is 0.230 e. The summed E-state index contributed by atoms with van der Waals surface area (Å²) in [5.74, 6) is 0.272. The highest BCUT2D eigenvalue weighted by Crippen LogP contribution is 2.31. The van der Waals surface area contributed by atoms with Crippen molar-refractivity contribution in [1.29, 1.82) is 0 Å². The number of benzene rings is 2. The van der Waals surface area contributed by atoms with Crippen LogP contribution in [0, 0.1) is 5.92 Å². The summed E-state index contributed by atoms with van der Waals surface area (Å²) in [6, 6.07) is 11.6. The van der Waals surface area contributed by atoms with Crippen LogP contribution in [0.4, 0.5) is 5.69 Å². The van der Waals surface area contributed by atoms with Crippen LogP contribution in [0.2, 0.25) is 10.0 Å². The zero-order chi connectivity index (χ0) is 29.8. The molecule has 0 unspecified atom stereocenters. The first-order valence-corrected chi connectivity index (χ1v) is 17.9. The molecule has 0 saturated carbocycles. The van der Waals surface area contributed by atoms with E-state index in [9.17, 15) is 21.6 Å². The molecule has 0 aliphatic carbocycles. The first-order valence-electron chi connectivity index (χ1n) is 13.7. The van der Waals surface area contributed by atoms with E-state index < -0.39 is 25.1 Å². The average molecular weight is 647 g/mol. The van der Waals surface area contributed by atoms with E-state index in [1.165, 1.54) is 10.6 Å². The number of halogens is 2. The molecule has 4 rings (SSSR count). The van der Waals surface area contributed by atoms with Crippen molar-refractivity contribution in [3.63, 3.8) is 0 Å². The summed E-state index contributed by atoms with van der Waals surface area (Å²) >= 11 is 12.4. The van der Waals surface area contributed by atoms with E-state index in [4.69, 9.17) is 27.9 Å². The van der Waals surface area contributed by atoms with Crippen molar-refractivity contribution in [1.82, 2.24) is 9.21 Å². The lowest BCUT2D eigenvalue weighted by Crippen LogP contribution is -2.45. The lowest BCUT2D eigenvalue weighted by atomic mass is 9.96. The quantitative estimate of drug-likeness (QED) is 0.379. The van der Waals surface area contributed by atoms with Gasteiger partial charge in [0.1, 0.15) is 5.75 Å². The summed E-state index contributed by atoms with van der Waals surface area (Å²) in [6.45, 7) is 3.12. The Morgan fingerprint density at radius 1 is 0.927 bits per heavy atom. The molecule has 0 aromatic heterocycles. The second-order valence-electron chi connectivity index (χ2n) is 10.6. The minimum absolute atomic E-state index is 0.0548. The summed E-state index contributed by atoms with van der Waals surface area (Å²) in [6.07, 6.45) is 3.88. The average Bonchev–Trinajstić information content (AvgIpc) is 2.96. The fourth-order valence-electron chi connectivity index (χ4n) is 5.53. The highest BCUT2D eigenvalue weighted by molar-refractivity contribution is 7.92. The number of ether oxygens (including phenoxy) is 1. The molecule has 0 N–H and O–H groups in total. The third kappa shape index (κ3) is 7.94. The summed E-state index contributed by atoms with van der Waals surface area (Å²) in [5, 5.41) is 0.324. The van der Waals surface area contributed by atoms with Crippen LogP contribution in [0.3, 0.4) is 0 Å². The second kappa shape index (κ2) is 13.6. The molecule has 2 aliphatic rings. The van der Waals surface area contributed by atoms with E-state index in [2.05, 4.69) is 4.90 Å². The zero-order valence-corrected chi connectivity index (χ0v) is 26.5. The monoisotopic (exact) mass is 645 g/mol. The van der Waals surface area contributed by atoms with Gasteiger partial charge >= 0.3 is 0 Å². The van der Waals surface area contributed by atoms with Crippen molar-refractivity contribution in [3.8, 4) is 5.75 Å². The molecule has 1 amide bonds. The lowest BCUT2D eigenvalue weighted by Gasteiger charge is -2.34. The number of likely N-dealkylation sites (tertiary alicyclic amines) is 1. The van der Waals surface area contributed by atoms with Crippen molar-refractivity contribution in [2.45, 2.75) is 42.2 Å². The SMILES string of the molecule is COc1ccc(S(=O)(=O)C2CCN(CCCN(C(=O)C3CCN(S(C)(=O)=O)CC3)c3ccc(Cl)c(Cl)c3)CC2)cc1. The topological polar surface area (TPSA) is 104 Å². The van der Waals surface area contributed by atoms with Crippen LogP contribution in [0.15, 0.2) is 47.4 Å². The third-order valence-corrected chi connectivity index (χ3v) is 12.3. The molecule has 9 nitrogen and oxygen atoms in total. The van der Waals surface area contributed by atoms with Crippen LogP contribution >= 0.6 is 23.2 Å². The van der Waals surface area contributed by atoms with Gasteiger partial charge in [0, 0.05) is 31.2 Å². The van der Waals surface area contributed by atoms with Crippen LogP contribution in [0.1, 0.15) is 32.1 Å². The van der Waals surface area contributed by atoms with Crippen LogP contribution in [-0.2, 0) is 24.7 Å². The van der Waals surface area contributed by atoms with E-state index in [0.717, 1.165) is 0 Å². The predicted octanol–water partition coefficient (Wildman–Crippen LogP) is 4.34. The maximum atomic E-state index is 13.7. The second-order valence-corrected chi connectivity index (χ2v) is 15.7. The van der Waals surface area contributed by atoms with Gasteiger partial charge in [0.15, 0.2) is 9.84 Å². The van der Waals surface area contributed by atoms with E-state index in [0.29, 0.717) is 97.8 Å². The van der Waals surface area contributed by atoms with Gasteiger partial charge in [0.05, 0.1) is 33.6 Å². The van der Waals surface area contributed by atoms with Gasteiger partial charge < -0.3 is 14.5 Å². The normalized spacial score (nSPS) is 18.3. The Morgan fingerprint density at radius 2 is 1.56 bits per heavy atom. The number of hydrogen-bond donors (Lipinski definition) is 0. The van der Waals surface area contributed by atoms with Crippen molar-refractivity contribution < 1.29 is 26.4 Å². The molecule has 0 radical (unpaired) electrons. The Balaban J connectivity index is 1.35. The molecule has 2 aromatic rings. The number of hydrogen-bond acceptors (Lipinski definition) is 7. The van der Waals surface area contributed by atoms with Gasteiger partial charge in [-0.2, -0.15) is 0 Å². The third-order valence-electron chi connectivity index (χ3n) is 7.97. The number of methoxy groups -OCH3 is 1. The Morgan fingerprint density at radius 3 is 2.12 bits per heavy atom. The van der Waals surface area contributed by atoms with E-state index in [-0.39, 0.29) is 11.8 Å². The predicted molar refractivity (Wildman–Crippen MR) is 162 cm³/mol. The van der Waals surface area contributed by atoms with Gasteiger partial charge in [0.25, 0.3) is 0 Å². The Kier molecular flexibility index (Phi) is 10.6. The highest BCUT2D eigenvalue weighted by atomic mass is 35.5. The van der Waals surface area contributed by atoms with E-state index in [1.807, 2.05) is 0 Å². The number of carbonyl (C=O) groups is 1. The number of carbonyl (C=O) groups excluding carboxylic acids is 1. The van der Waals surface area contributed by atoms with Crippen LogP contribution in [0.5, 0.6) is 5.75 Å². The van der Waals surface area contributed by atoms with Crippen molar-refractivity contribution in [3.05, 3.63) is 52.5 Å². The van der Waals surface area contributed by atoms with Crippen molar-refractivity contribution in [2.24, 2.45) is 5.92 Å². The van der Waals surface area contributed by atoms with Gasteiger partial charge in [-0.1, -0.05) is 23.2 Å². The molecule has 2 fully saturated rings. The van der Waals surface area contributed by atoms with E-state index >= 15 is 0 Å². The molecule has 13 heteroatoms. The molecule has 0 bridgehead atoms. The largest absolute Gasteiger partial charge is 0.497 e. The van der Waals surface area contributed by atoms with Crippen molar-refractivity contribution in [2.75, 3.05) is 57.5 Å². The Labute approximate surface area is 253 Å². The number of sulfone groups is 1. The van der Waals surface area contributed by atoms with Crippen LogP contribution in [-0.4, -0.2) is 89.8 Å². The minimum Gasteiger partial charge on any atom is -0.497 e. The standard InChI is InChI=1S/C28H37Cl2N3O6S2/c1-39-23-5-7-24(8-6-23)41(37,38)25-12-16-31(17-13-25)14-3-15-33(22-4-9-26(29)27(30)20-22)28(34)21-10-18-32(19-11-21)40(2,35)36/h4-9,20-21,25H,3,10-19H2,1-2H3. The van der Waals surface area contributed by atoms with Gasteiger partial charge in [-0.3, -0.25) is 4.79 Å². The fraction of sp³-hybridized carbons (Fsp3) is 0.536. The molecule has 2 aliphatic heterocycles. The number of sulfonamides is 1. The Bertz CT molecular complexity index is 1420. The number of anilines is 1. The van der Waals surface area contributed by atoms with Gasteiger partial charge in [-0.25, -0.2) is 21.1 Å². The maximum absolute atomic E-state index is 13.7. The zero-order valence-electron chi connectivity index (χ0n) is 23.3. The number of piperidine rings is 2. The molecular weight excluding hydrogens is 609 g/mol. The molecule has 0 atom stereocenters. The van der Waals surface area contributed by atoms with Crippen LogP contribution in [0.25, 0.3) is 0 Å². The summed E-state index contributed by atoms with van der Waals surface area (Å²) in [7, 11) is -5.17. The molecule has 0 spiro atoms. The fourth-order valence-corrected chi connectivity index (χ4v) is 8.43. The smallest absolute Gasteiger partial charge is 0.230 e. The van der Waals surface area contributed by atoms with Gasteiger partial charge in [0.2, 0.25) is 15.9 Å². The molecule has 2 heterocycles. The number of rotatable bonds is 10. The Hall–Kier alpha value is -1.89. The summed E-state index contributed by atoms with van der Waals surface area (Å²) in [5.41, 5.74) is 0.652. The molecule has 2 aromatic carbocycles. The van der Waals surface area contributed by atoms with Gasteiger partial charge in [-0.05, 0) is 94.2 Å². The first kappa shape index (κ1) is 32.0. The van der Waals surface area contributed by atoms with Crippen molar-refractivity contribution >= 4 is 54.7 Å². The lowest BCUT2D eigenvalue weighted by molar-refractivity contribution is -0.123. The molecule has 226 valence electrons. The number of amides is 1. The van der Waals surface area contributed by atoms with Crippen LogP contribution < -0.4 is 9.64 Å². The molecular formula is C28H37Cl2N3O6S2. The number of nitrogens with zero attached hydrogens (tertiary/aromatic N) is 3. The molecule has 2 saturated heterocycles. The van der Waals surface area contributed by atoms with E-state index in [1.54, 1.807) is 54.5 Å². The van der Waals surface area contributed by atoms with Gasteiger partial charge in [-0.15, -0.1) is 0 Å². The highest BCUT2D eigenvalue weighted by Gasteiger charge is 2.33. The minimum atomic E-state index is -3.42. The molecule has 41 heavy (non-hydrogen) atoms.